The largest absolute Gasteiger partial charge is 0.508 e. The van der Waals surface area contributed by atoms with Gasteiger partial charge in [0.15, 0.2) is 0 Å². The van der Waals surface area contributed by atoms with Crippen LogP contribution in [-0.4, -0.2) is 54.2 Å². The molecule has 1 aromatic rings. The highest BCUT2D eigenvalue weighted by Gasteiger charge is 2.27. The standard InChI is InChI=1S/C19H29N3O2/c1-15(19(24)20-16-5-3-2-4-6-16)21-11-13-22(14-12-21)17-7-9-18(23)10-8-17/h7-10,15-16,23H,2-6,11-14H2,1H3,(H,20,24)/t15-/m0/s1. The summed E-state index contributed by atoms with van der Waals surface area (Å²) in [7, 11) is 0. The highest BCUT2D eigenvalue weighted by molar-refractivity contribution is 5.81. The van der Waals surface area contributed by atoms with Crippen molar-refractivity contribution in [2.45, 2.75) is 51.1 Å². The van der Waals surface area contributed by atoms with Gasteiger partial charge in [-0.15, -0.1) is 0 Å². The second kappa shape index (κ2) is 7.88. The second-order valence-electron chi connectivity index (χ2n) is 7.06. The van der Waals surface area contributed by atoms with Crippen LogP contribution < -0.4 is 10.2 Å². The Balaban J connectivity index is 1.48. The van der Waals surface area contributed by atoms with Gasteiger partial charge >= 0.3 is 0 Å². The number of carbonyl (C=O) groups is 1. The van der Waals surface area contributed by atoms with Crippen molar-refractivity contribution in [2.24, 2.45) is 0 Å². The molecule has 1 amide bonds. The lowest BCUT2D eigenvalue weighted by Gasteiger charge is -2.39. The van der Waals surface area contributed by atoms with Gasteiger partial charge in [-0.2, -0.15) is 0 Å². The molecule has 5 nitrogen and oxygen atoms in total. The lowest BCUT2D eigenvalue weighted by molar-refractivity contribution is -0.127. The summed E-state index contributed by atoms with van der Waals surface area (Å²) in [4.78, 5) is 17.1. The molecule has 2 N–H and O–H groups in total. The van der Waals surface area contributed by atoms with Gasteiger partial charge in [0.1, 0.15) is 5.75 Å². The molecule has 0 aromatic heterocycles. The summed E-state index contributed by atoms with van der Waals surface area (Å²) in [5, 5.41) is 12.6. The van der Waals surface area contributed by atoms with E-state index in [0.29, 0.717) is 11.8 Å². The molecule has 2 aliphatic rings. The quantitative estimate of drug-likeness (QED) is 0.889. The Bertz CT molecular complexity index is 532. The SMILES string of the molecule is C[C@@H](C(=O)NC1CCCCC1)N1CCN(c2ccc(O)cc2)CC1. The van der Waals surface area contributed by atoms with Crippen LogP contribution in [0.4, 0.5) is 5.69 Å². The Morgan fingerprint density at radius 1 is 1.08 bits per heavy atom. The van der Waals surface area contributed by atoms with E-state index in [1.54, 1.807) is 12.1 Å². The van der Waals surface area contributed by atoms with E-state index in [1.807, 2.05) is 19.1 Å². The molecule has 0 bridgehead atoms. The van der Waals surface area contributed by atoms with Crippen LogP contribution in [0.25, 0.3) is 0 Å². The fraction of sp³-hybridized carbons (Fsp3) is 0.632. The number of anilines is 1. The fourth-order valence-electron chi connectivity index (χ4n) is 3.77. The Kier molecular flexibility index (Phi) is 5.61. The lowest BCUT2D eigenvalue weighted by atomic mass is 9.95. The number of rotatable bonds is 4. The average Bonchev–Trinajstić information content (AvgIpc) is 2.63. The van der Waals surface area contributed by atoms with Gasteiger partial charge < -0.3 is 15.3 Å². The van der Waals surface area contributed by atoms with Gasteiger partial charge in [-0.3, -0.25) is 9.69 Å². The predicted molar refractivity (Wildman–Crippen MR) is 96.4 cm³/mol. The number of carbonyl (C=O) groups excluding carboxylic acids is 1. The first-order chi connectivity index (χ1) is 11.6. The van der Waals surface area contributed by atoms with Gasteiger partial charge in [-0.05, 0) is 44.0 Å². The minimum Gasteiger partial charge on any atom is -0.508 e. The third kappa shape index (κ3) is 4.20. The summed E-state index contributed by atoms with van der Waals surface area (Å²) in [5.74, 6) is 0.477. The van der Waals surface area contributed by atoms with Crippen molar-refractivity contribution in [3.05, 3.63) is 24.3 Å². The Labute approximate surface area is 144 Å². The number of benzene rings is 1. The monoisotopic (exact) mass is 331 g/mol. The topological polar surface area (TPSA) is 55.8 Å². The van der Waals surface area contributed by atoms with Crippen molar-refractivity contribution in [3.8, 4) is 5.75 Å². The highest BCUT2D eigenvalue weighted by atomic mass is 16.3. The Hall–Kier alpha value is -1.75. The summed E-state index contributed by atoms with van der Waals surface area (Å²) in [6.45, 7) is 5.62. The second-order valence-corrected chi connectivity index (χ2v) is 7.06. The summed E-state index contributed by atoms with van der Waals surface area (Å²) in [6, 6.07) is 7.67. The number of aromatic hydroxyl groups is 1. The molecule has 0 unspecified atom stereocenters. The van der Waals surface area contributed by atoms with Crippen LogP contribution in [0.15, 0.2) is 24.3 Å². The first kappa shape index (κ1) is 17.1. The zero-order valence-corrected chi connectivity index (χ0v) is 14.6. The summed E-state index contributed by atoms with van der Waals surface area (Å²) >= 11 is 0. The van der Waals surface area contributed by atoms with Crippen LogP contribution in [0.2, 0.25) is 0 Å². The third-order valence-electron chi connectivity index (χ3n) is 5.41. The van der Waals surface area contributed by atoms with E-state index in [2.05, 4.69) is 15.1 Å². The molecule has 2 fully saturated rings. The summed E-state index contributed by atoms with van der Waals surface area (Å²) < 4.78 is 0. The molecular formula is C19H29N3O2. The number of amides is 1. The summed E-state index contributed by atoms with van der Waals surface area (Å²) in [6.07, 6.45) is 6.05. The molecule has 0 radical (unpaired) electrons. The Morgan fingerprint density at radius 3 is 2.33 bits per heavy atom. The molecule has 1 saturated heterocycles. The number of phenolic OH excluding ortho intramolecular Hbond substituents is 1. The van der Waals surface area contributed by atoms with Gasteiger partial charge in [0.2, 0.25) is 5.91 Å². The van der Waals surface area contributed by atoms with Crippen LogP contribution >= 0.6 is 0 Å². The minimum atomic E-state index is -0.0612. The molecule has 1 heterocycles. The number of hydrogen-bond donors (Lipinski definition) is 2. The van der Waals surface area contributed by atoms with Crippen LogP contribution in [0.1, 0.15) is 39.0 Å². The van der Waals surface area contributed by atoms with Crippen molar-refractivity contribution in [2.75, 3.05) is 31.1 Å². The molecule has 3 rings (SSSR count). The first-order valence-electron chi connectivity index (χ1n) is 9.22. The van der Waals surface area contributed by atoms with E-state index < -0.39 is 0 Å². The van der Waals surface area contributed by atoms with Crippen molar-refractivity contribution >= 4 is 11.6 Å². The van der Waals surface area contributed by atoms with Gasteiger partial charge in [0, 0.05) is 37.9 Å². The molecule has 24 heavy (non-hydrogen) atoms. The molecule has 132 valence electrons. The molecular weight excluding hydrogens is 302 g/mol. The summed E-state index contributed by atoms with van der Waals surface area (Å²) in [5.41, 5.74) is 1.13. The van der Waals surface area contributed by atoms with Gasteiger partial charge in [-0.1, -0.05) is 19.3 Å². The van der Waals surface area contributed by atoms with Crippen LogP contribution in [0.5, 0.6) is 5.75 Å². The number of hydrogen-bond acceptors (Lipinski definition) is 4. The van der Waals surface area contributed by atoms with Gasteiger partial charge in [0.05, 0.1) is 6.04 Å². The normalized spacial score (nSPS) is 21.5. The van der Waals surface area contributed by atoms with Gasteiger partial charge in [0.25, 0.3) is 0 Å². The van der Waals surface area contributed by atoms with Crippen molar-refractivity contribution in [3.63, 3.8) is 0 Å². The predicted octanol–water partition coefficient (Wildman–Crippen LogP) is 2.35. The van der Waals surface area contributed by atoms with Crippen molar-refractivity contribution in [1.29, 1.82) is 0 Å². The number of piperazine rings is 1. The van der Waals surface area contributed by atoms with E-state index in [4.69, 9.17) is 0 Å². The molecule has 1 aliphatic heterocycles. The third-order valence-corrected chi connectivity index (χ3v) is 5.41. The average molecular weight is 331 g/mol. The number of nitrogens with one attached hydrogen (secondary N) is 1. The maximum atomic E-state index is 12.5. The molecule has 1 saturated carbocycles. The van der Waals surface area contributed by atoms with E-state index >= 15 is 0 Å². The van der Waals surface area contributed by atoms with E-state index in [1.165, 1.54) is 19.3 Å². The van der Waals surface area contributed by atoms with E-state index in [9.17, 15) is 9.90 Å². The smallest absolute Gasteiger partial charge is 0.237 e. The zero-order valence-electron chi connectivity index (χ0n) is 14.6. The molecule has 1 atom stereocenters. The molecule has 0 spiro atoms. The number of nitrogens with zero attached hydrogens (tertiary/aromatic N) is 2. The Morgan fingerprint density at radius 2 is 1.71 bits per heavy atom. The molecule has 1 aliphatic carbocycles. The van der Waals surface area contributed by atoms with Crippen LogP contribution in [0.3, 0.4) is 0 Å². The molecule has 5 heteroatoms. The number of phenols is 1. The van der Waals surface area contributed by atoms with Crippen molar-refractivity contribution in [1.82, 2.24) is 10.2 Å². The lowest BCUT2D eigenvalue weighted by Crippen LogP contribution is -2.55. The highest BCUT2D eigenvalue weighted by Crippen LogP contribution is 2.21. The fourth-order valence-corrected chi connectivity index (χ4v) is 3.77. The maximum Gasteiger partial charge on any atom is 0.237 e. The van der Waals surface area contributed by atoms with Crippen LogP contribution in [-0.2, 0) is 4.79 Å². The zero-order chi connectivity index (χ0) is 16.9. The van der Waals surface area contributed by atoms with Gasteiger partial charge in [-0.25, -0.2) is 0 Å². The van der Waals surface area contributed by atoms with E-state index in [0.717, 1.165) is 44.7 Å². The van der Waals surface area contributed by atoms with E-state index in [-0.39, 0.29) is 11.9 Å². The van der Waals surface area contributed by atoms with Crippen LogP contribution in [0, 0.1) is 0 Å². The minimum absolute atomic E-state index is 0.0612. The first-order valence-corrected chi connectivity index (χ1v) is 9.22. The molecule has 1 aromatic carbocycles. The van der Waals surface area contributed by atoms with Crippen molar-refractivity contribution < 1.29 is 9.90 Å². The maximum absolute atomic E-state index is 12.5.